The Morgan fingerprint density at radius 2 is 2.16 bits per heavy atom. The summed E-state index contributed by atoms with van der Waals surface area (Å²) in [4.78, 5) is 8.70. The Morgan fingerprint density at radius 3 is 2.88 bits per heavy atom. The van der Waals surface area contributed by atoms with Crippen molar-refractivity contribution in [3.05, 3.63) is 63.9 Å². The molecule has 1 aromatic carbocycles. The van der Waals surface area contributed by atoms with Gasteiger partial charge in [-0.15, -0.1) is 11.3 Å². The summed E-state index contributed by atoms with van der Waals surface area (Å²) in [6, 6.07) is 8.82. The molecule has 2 aromatic heterocycles. The van der Waals surface area contributed by atoms with Gasteiger partial charge in [-0.2, -0.15) is 0 Å². The lowest BCUT2D eigenvalue weighted by Gasteiger charge is -2.13. The van der Waals surface area contributed by atoms with Gasteiger partial charge in [-0.05, 0) is 30.7 Å². The van der Waals surface area contributed by atoms with Crippen molar-refractivity contribution in [2.24, 2.45) is 5.73 Å². The van der Waals surface area contributed by atoms with Gasteiger partial charge in [0.2, 0.25) is 0 Å². The molecule has 0 aliphatic rings. The molecule has 3 aromatic rings. The lowest BCUT2D eigenvalue weighted by atomic mass is 10.1. The van der Waals surface area contributed by atoms with E-state index in [0.717, 1.165) is 27.8 Å². The minimum absolute atomic E-state index is 0.249. The number of hydrogen-bond donors (Lipinski definition) is 3. The smallest absolute Gasteiger partial charge is 0.147 e. The third-order valence-electron chi connectivity index (χ3n) is 3.64. The third kappa shape index (κ3) is 4.47. The number of nitrogens with zero attached hydrogens (tertiary/aromatic N) is 2. The highest BCUT2D eigenvalue weighted by Gasteiger charge is 2.09. The Kier molecular flexibility index (Phi) is 5.85. The number of rotatable bonds is 7. The molecule has 0 spiro atoms. The third-order valence-corrected chi connectivity index (χ3v) is 4.98. The van der Waals surface area contributed by atoms with Crippen molar-refractivity contribution in [2.45, 2.75) is 25.0 Å². The molecule has 0 unspecified atom stereocenters. The monoisotopic (exact) mass is 375 g/mol. The van der Waals surface area contributed by atoms with E-state index in [1.807, 2.05) is 30.5 Å². The summed E-state index contributed by atoms with van der Waals surface area (Å²) in [5, 5.41) is 6.01. The molecule has 0 aliphatic carbocycles. The van der Waals surface area contributed by atoms with E-state index in [-0.39, 0.29) is 5.82 Å². The van der Waals surface area contributed by atoms with E-state index in [4.69, 9.17) is 5.73 Å². The van der Waals surface area contributed by atoms with Crippen LogP contribution in [0.5, 0.6) is 0 Å². The zero-order valence-electron chi connectivity index (χ0n) is 13.6. The minimum Gasteiger partial charge on any atom is -0.379 e. The number of halogens is 1. The summed E-state index contributed by atoms with van der Waals surface area (Å²) in [6.45, 7) is 2.59. The molecule has 0 atom stereocenters. The maximum atomic E-state index is 14.0. The van der Waals surface area contributed by atoms with Crippen LogP contribution in [0.4, 0.5) is 15.9 Å². The Hall–Kier alpha value is -2.16. The Labute approximate surface area is 154 Å². The minimum atomic E-state index is -0.249. The molecule has 0 saturated carbocycles. The zero-order valence-corrected chi connectivity index (χ0v) is 15.3. The van der Waals surface area contributed by atoms with Crippen LogP contribution >= 0.6 is 23.3 Å². The molecule has 25 heavy (non-hydrogen) atoms. The van der Waals surface area contributed by atoms with Crippen LogP contribution in [0.3, 0.4) is 0 Å². The molecule has 3 rings (SSSR count). The summed E-state index contributed by atoms with van der Waals surface area (Å²) >= 11 is 2.93. The molecule has 0 aliphatic heterocycles. The van der Waals surface area contributed by atoms with Crippen molar-refractivity contribution >= 4 is 34.8 Å². The van der Waals surface area contributed by atoms with Gasteiger partial charge in [-0.1, -0.05) is 12.1 Å². The predicted molar refractivity (Wildman–Crippen MR) is 102 cm³/mol. The molecule has 130 valence electrons. The van der Waals surface area contributed by atoms with Crippen molar-refractivity contribution in [3.63, 3.8) is 0 Å². The first-order valence-corrected chi connectivity index (χ1v) is 9.42. The van der Waals surface area contributed by atoms with E-state index in [2.05, 4.69) is 20.0 Å². The van der Waals surface area contributed by atoms with Crippen molar-refractivity contribution in [3.8, 4) is 0 Å². The van der Waals surface area contributed by atoms with Gasteiger partial charge in [0.15, 0.2) is 0 Å². The van der Waals surface area contributed by atoms with Crippen LogP contribution in [0.1, 0.15) is 16.8 Å². The van der Waals surface area contributed by atoms with Gasteiger partial charge >= 0.3 is 0 Å². The average molecular weight is 375 g/mol. The highest BCUT2D eigenvalue weighted by Crippen LogP contribution is 2.23. The SMILES string of the molecule is Cc1nc(SNc2cscn2)ccc1NCc1c(F)cccc1CN. The lowest BCUT2D eigenvalue weighted by Crippen LogP contribution is -2.09. The maximum absolute atomic E-state index is 14.0. The summed E-state index contributed by atoms with van der Waals surface area (Å²) in [5.74, 6) is 0.561. The molecule has 0 amide bonds. The highest BCUT2D eigenvalue weighted by molar-refractivity contribution is 8.00. The van der Waals surface area contributed by atoms with Crippen molar-refractivity contribution in [1.82, 2.24) is 9.97 Å². The number of aromatic nitrogens is 2. The lowest BCUT2D eigenvalue weighted by molar-refractivity contribution is 0.609. The number of nitrogens with one attached hydrogen (secondary N) is 2. The van der Waals surface area contributed by atoms with Crippen LogP contribution in [0.2, 0.25) is 0 Å². The van der Waals surface area contributed by atoms with Gasteiger partial charge in [0.1, 0.15) is 16.7 Å². The molecule has 4 N–H and O–H groups in total. The van der Waals surface area contributed by atoms with Crippen LogP contribution in [0.15, 0.2) is 46.2 Å². The molecule has 0 fully saturated rings. The van der Waals surface area contributed by atoms with Crippen molar-refractivity contribution in [1.29, 1.82) is 0 Å². The Balaban J connectivity index is 1.65. The van der Waals surface area contributed by atoms with Gasteiger partial charge in [-0.25, -0.2) is 14.4 Å². The standard InChI is InChI=1S/C17H18FN5S2/c1-11-15(20-8-13-12(7-19)3-2-4-14(13)18)5-6-17(22-11)25-23-16-9-24-10-21-16/h2-6,9-10,20,23H,7-8,19H2,1H3. The van der Waals surface area contributed by atoms with Crippen LogP contribution < -0.4 is 15.8 Å². The predicted octanol–water partition coefficient (Wildman–Crippen LogP) is 4.18. The van der Waals surface area contributed by atoms with E-state index in [0.29, 0.717) is 18.7 Å². The topological polar surface area (TPSA) is 75.9 Å². The van der Waals surface area contributed by atoms with Crippen LogP contribution in [-0.4, -0.2) is 9.97 Å². The van der Waals surface area contributed by atoms with E-state index >= 15 is 0 Å². The number of hydrogen-bond acceptors (Lipinski definition) is 7. The van der Waals surface area contributed by atoms with Gasteiger partial charge in [-0.3, -0.25) is 0 Å². The first-order valence-electron chi connectivity index (χ1n) is 7.66. The van der Waals surface area contributed by atoms with Gasteiger partial charge in [0.25, 0.3) is 0 Å². The van der Waals surface area contributed by atoms with Gasteiger partial charge in [0.05, 0.1) is 16.9 Å². The van der Waals surface area contributed by atoms with Crippen LogP contribution in [-0.2, 0) is 13.1 Å². The van der Waals surface area contributed by atoms with Crippen LogP contribution in [0.25, 0.3) is 0 Å². The number of anilines is 2. The fourth-order valence-electron chi connectivity index (χ4n) is 2.33. The van der Waals surface area contributed by atoms with Crippen molar-refractivity contribution < 1.29 is 4.39 Å². The second-order valence-electron chi connectivity index (χ2n) is 5.30. The molecule has 2 heterocycles. The van der Waals surface area contributed by atoms with Gasteiger partial charge in [0, 0.05) is 36.0 Å². The number of pyridine rings is 1. The van der Waals surface area contributed by atoms with Gasteiger partial charge < -0.3 is 15.8 Å². The van der Waals surface area contributed by atoms with Crippen LogP contribution in [0, 0.1) is 12.7 Å². The largest absolute Gasteiger partial charge is 0.379 e. The molecule has 0 radical (unpaired) electrons. The molecule has 0 bridgehead atoms. The zero-order chi connectivity index (χ0) is 17.6. The molecule has 5 nitrogen and oxygen atoms in total. The number of benzene rings is 1. The summed E-state index contributed by atoms with van der Waals surface area (Å²) < 4.78 is 17.1. The van der Waals surface area contributed by atoms with E-state index in [1.165, 1.54) is 29.4 Å². The quantitative estimate of drug-likeness (QED) is 0.538. The average Bonchev–Trinajstić information content (AvgIpc) is 3.13. The van der Waals surface area contributed by atoms with Crippen molar-refractivity contribution in [2.75, 3.05) is 10.0 Å². The second kappa shape index (κ2) is 8.28. The van der Waals surface area contributed by atoms with E-state index in [1.54, 1.807) is 11.6 Å². The highest BCUT2D eigenvalue weighted by atomic mass is 32.2. The fraction of sp³-hybridized carbons (Fsp3) is 0.176. The first kappa shape index (κ1) is 17.7. The first-order chi connectivity index (χ1) is 12.2. The number of aryl methyl sites for hydroxylation is 1. The Bertz CT molecular complexity index is 839. The fourth-order valence-corrected chi connectivity index (χ4v) is 3.52. The number of nitrogens with two attached hydrogens (primary N) is 1. The summed E-state index contributed by atoms with van der Waals surface area (Å²) in [7, 11) is 0. The molecule has 8 heteroatoms. The molecular formula is C17H18FN5S2. The summed E-state index contributed by atoms with van der Waals surface area (Å²) in [5.41, 5.74) is 10.6. The van der Waals surface area contributed by atoms with E-state index < -0.39 is 0 Å². The normalized spacial score (nSPS) is 10.7. The number of thiazole rings is 1. The summed E-state index contributed by atoms with van der Waals surface area (Å²) in [6.07, 6.45) is 0. The molecular weight excluding hydrogens is 357 g/mol. The van der Waals surface area contributed by atoms with E-state index in [9.17, 15) is 4.39 Å². The second-order valence-corrected chi connectivity index (χ2v) is 6.84. The maximum Gasteiger partial charge on any atom is 0.147 e. The molecule has 0 saturated heterocycles. The Morgan fingerprint density at radius 1 is 1.28 bits per heavy atom.